The van der Waals surface area contributed by atoms with Gasteiger partial charge >= 0.3 is 6.09 Å². The first kappa shape index (κ1) is 24.3. The molecule has 34 heavy (non-hydrogen) atoms. The molecule has 1 atom stereocenters. The molecule has 2 aromatic carbocycles. The van der Waals surface area contributed by atoms with Gasteiger partial charge in [-0.3, -0.25) is 14.2 Å². The number of aromatic nitrogens is 1. The first-order valence-electron chi connectivity index (χ1n) is 10.6. The summed E-state index contributed by atoms with van der Waals surface area (Å²) in [5.74, 6) is 0. The van der Waals surface area contributed by atoms with Crippen molar-refractivity contribution < 1.29 is 17.9 Å². The average Bonchev–Trinajstić information content (AvgIpc) is 2.86. The third kappa shape index (κ3) is 5.29. The molecule has 1 aromatic heterocycles. The molecule has 0 N–H and O–H groups in total. The van der Waals surface area contributed by atoms with Crippen molar-refractivity contribution in [3.05, 3.63) is 89.2 Å². The van der Waals surface area contributed by atoms with E-state index in [1.165, 1.54) is 33.5 Å². The van der Waals surface area contributed by atoms with Gasteiger partial charge in [-0.15, -0.1) is 11.6 Å². The van der Waals surface area contributed by atoms with E-state index in [0.717, 1.165) is 11.1 Å². The number of pyridine rings is 1. The zero-order valence-electron chi connectivity index (χ0n) is 18.2. The lowest BCUT2D eigenvalue weighted by Gasteiger charge is -2.37. The van der Waals surface area contributed by atoms with E-state index < -0.39 is 22.2 Å². The molecule has 1 unspecified atom stereocenters. The summed E-state index contributed by atoms with van der Waals surface area (Å²) in [6, 6.07) is 16.3. The van der Waals surface area contributed by atoms with E-state index in [9.17, 15) is 13.2 Å². The van der Waals surface area contributed by atoms with Crippen molar-refractivity contribution in [1.29, 1.82) is 0 Å². The number of hydrogen-bond acceptors (Lipinski definition) is 5. The van der Waals surface area contributed by atoms with E-state index in [4.69, 9.17) is 27.9 Å². The maximum atomic E-state index is 13.7. The highest BCUT2D eigenvalue weighted by molar-refractivity contribution is 7.92. The average molecular weight is 520 g/mol. The molecule has 0 fully saturated rings. The largest absolute Gasteiger partial charge is 0.447 e. The van der Waals surface area contributed by atoms with Crippen LogP contribution >= 0.6 is 23.2 Å². The molecule has 0 saturated heterocycles. The quantitative estimate of drug-likeness (QED) is 0.321. The second-order valence-electron chi connectivity index (χ2n) is 7.83. The Morgan fingerprint density at radius 2 is 1.79 bits per heavy atom. The second-order valence-corrected chi connectivity index (χ2v) is 10.3. The van der Waals surface area contributed by atoms with E-state index in [-0.39, 0.29) is 24.1 Å². The first-order chi connectivity index (χ1) is 16.4. The topological polar surface area (TPSA) is 79.8 Å². The van der Waals surface area contributed by atoms with Crippen LogP contribution in [0.25, 0.3) is 0 Å². The van der Waals surface area contributed by atoms with Gasteiger partial charge in [0.2, 0.25) is 0 Å². The summed E-state index contributed by atoms with van der Waals surface area (Å²) in [6.07, 6.45) is 3.82. The molecule has 0 radical (unpaired) electrons. The van der Waals surface area contributed by atoms with E-state index in [0.29, 0.717) is 23.6 Å². The third-order valence-electron chi connectivity index (χ3n) is 5.60. The van der Waals surface area contributed by atoms with Crippen molar-refractivity contribution in [3.63, 3.8) is 0 Å². The predicted molar refractivity (Wildman–Crippen MR) is 132 cm³/mol. The molecule has 3 aromatic rings. The van der Waals surface area contributed by atoms with Gasteiger partial charge in [0.15, 0.2) is 0 Å². The molecule has 0 saturated carbocycles. The Hall–Kier alpha value is -2.81. The van der Waals surface area contributed by atoms with E-state index >= 15 is 0 Å². The van der Waals surface area contributed by atoms with E-state index in [1.54, 1.807) is 36.7 Å². The minimum atomic E-state index is -3.93. The van der Waals surface area contributed by atoms with Gasteiger partial charge in [-0.1, -0.05) is 29.8 Å². The summed E-state index contributed by atoms with van der Waals surface area (Å²) in [5.41, 5.74) is 2.35. The van der Waals surface area contributed by atoms with Gasteiger partial charge in [0.25, 0.3) is 10.0 Å². The Kier molecular flexibility index (Phi) is 7.60. The van der Waals surface area contributed by atoms with Crippen molar-refractivity contribution in [2.24, 2.45) is 0 Å². The molecule has 0 aliphatic carbocycles. The van der Waals surface area contributed by atoms with Gasteiger partial charge in [0.1, 0.15) is 6.61 Å². The van der Waals surface area contributed by atoms with Gasteiger partial charge in [0, 0.05) is 17.4 Å². The van der Waals surface area contributed by atoms with Crippen LogP contribution in [-0.4, -0.2) is 43.0 Å². The number of rotatable bonds is 7. The number of nitrogens with zero attached hydrogens (tertiary/aromatic N) is 3. The monoisotopic (exact) mass is 519 g/mol. The number of sulfonamides is 1. The molecule has 2 heterocycles. The van der Waals surface area contributed by atoms with Gasteiger partial charge < -0.3 is 4.74 Å². The van der Waals surface area contributed by atoms with Gasteiger partial charge in [0.05, 0.1) is 29.2 Å². The summed E-state index contributed by atoms with van der Waals surface area (Å²) in [6.45, 7) is 0.148. The molecule has 1 aliphatic rings. The molecule has 4 rings (SSSR count). The Labute approximate surface area is 208 Å². The van der Waals surface area contributed by atoms with Crippen LogP contribution in [0.4, 0.5) is 10.5 Å². The fourth-order valence-electron chi connectivity index (χ4n) is 3.89. The standard InChI is InChI=1S/C24H23Cl2N3O4S/c25-17-28(15-18-11-13-27-14-12-18)24(30)33-16-21-8-5-19-3-1-2-4-23(19)29(21)34(31,32)22-9-6-20(26)7-10-22/h1-4,6-7,9-14,21H,5,8,15-17H2. The van der Waals surface area contributed by atoms with Crippen LogP contribution in [0.3, 0.4) is 0 Å². The lowest BCUT2D eigenvalue weighted by Crippen LogP contribution is -2.47. The smallest absolute Gasteiger partial charge is 0.411 e. The summed E-state index contributed by atoms with van der Waals surface area (Å²) >= 11 is 11.9. The number of para-hydroxylation sites is 1. The zero-order chi connectivity index (χ0) is 24.1. The Morgan fingerprint density at radius 1 is 1.09 bits per heavy atom. The maximum absolute atomic E-state index is 13.7. The van der Waals surface area contributed by atoms with Gasteiger partial charge in [-0.05, 0) is 66.4 Å². The number of hydrogen-bond donors (Lipinski definition) is 0. The van der Waals surface area contributed by atoms with Gasteiger partial charge in [-0.25, -0.2) is 13.2 Å². The molecule has 1 aliphatic heterocycles. The number of halogens is 2. The van der Waals surface area contributed by atoms with Crippen molar-refractivity contribution in [2.75, 3.05) is 16.9 Å². The highest BCUT2D eigenvalue weighted by atomic mass is 35.5. The SMILES string of the molecule is O=C(OCC1CCc2ccccc2N1S(=O)(=O)c1ccc(Cl)cc1)N(CCl)Cc1ccncc1. The molecule has 1 amide bonds. The van der Waals surface area contributed by atoms with Crippen molar-refractivity contribution >= 4 is 45.0 Å². The highest BCUT2D eigenvalue weighted by Gasteiger charge is 2.37. The van der Waals surface area contributed by atoms with E-state index in [1.807, 2.05) is 12.1 Å². The van der Waals surface area contributed by atoms with Crippen LogP contribution in [0.1, 0.15) is 17.5 Å². The minimum Gasteiger partial charge on any atom is -0.447 e. The number of alkyl halides is 1. The number of amides is 1. The number of benzene rings is 2. The fourth-order valence-corrected chi connectivity index (χ4v) is 5.90. The lowest BCUT2D eigenvalue weighted by atomic mass is 9.98. The van der Waals surface area contributed by atoms with Crippen LogP contribution in [0.5, 0.6) is 0 Å². The Balaban J connectivity index is 1.56. The molecule has 0 spiro atoms. The molecular weight excluding hydrogens is 497 g/mol. The number of ether oxygens (including phenoxy) is 1. The Morgan fingerprint density at radius 3 is 2.50 bits per heavy atom. The molecular formula is C24H23Cl2N3O4S. The molecule has 178 valence electrons. The number of anilines is 1. The van der Waals surface area contributed by atoms with Gasteiger partial charge in [-0.2, -0.15) is 0 Å². The van der Waals surface area contributed by atoms with E-state index in [2.05, 4.69) is 4.98 Å². The maximum Gasteiger partial charge on any atom is 0.411 e. The number of carbonyl (C=O) groups excluding carboxylic acids is 1. The first-order valence-corrected chi connectivity index (χ1v) is 13.0. The molecule has 10 heteroatoms. The minimum absolute atomic E-state index is 0.0680. The second kappa shape index (κ2) is 10.6. The van der Waals surface area contributed by atoms with Crippen LogP contribution in [-0.2, 0) is 27.7 Å². The normalized spacial score (nSPS) is 15.5. The third-order valence-corrected chi connectivity index (χ3v) is 8.02. The summed E-state index contributed by atoms with van der Waals surface area (Å²) < 4.78 is 34.2. The highest BCUT2D eigenvalue weighted by Crippen LogP contribution is 2.35. The van der Waals surface area contributed by atoms with Crippen molar-refractivity contribution in [1.82, 2.24) is 9.88 Å². The van der Waals surface area contributed by atoms with Crippen LogP contribution < -0.4 is 4.31 Å². The molecule has 7 nitrogen and oxygen atoms in total. The van der Waals surface area contributed by atoms with Crippen LogP contribution in [0.2, 0.25) is 5.02 Å². The number of carbonyl (C=O) groups is 1. The number of aryl methyl sites for hydroxylation is 1. The molecule has 0 bridgehead atoms. The van der Waals surface area contributed by atoms with Crippen molar-refractivity contribution in [2.45, 2.75) is 30.3 Å². The lowest BCUT2D eigenvalue weighted by molar-refractivity contribution is 0.0997. The van der Waals surface area contributed by atoms with Crippen LogP contribution in [0, 0.1) is 0 Å². The summed E-state index contributed by atoms with van der Waals surface area (Å²) in [7, 11) is -3.93. The van der Waals surface area contributed by atoms with Crippen molar-refractivity contribution in [3.8, 4) is 0 Å². The Bertz CT molecular complexity index is 1240. The summed E-state index contributed by atoms with van der Waals surface area (Å²) in [4.78, 5) is 18.2. The zero-order valence-corrected chi connectivity index (χ0v) is 20.5. The predicted octanol–water partition coefficient (Wildman–Crippen LogP) is 5.08. The fraction of sp³-hybridized carbons (Fsp3) is 0.250. The van der Waals surface area contributed by atoms with Crippen LogP contribution in [0.15, 0.2) is 78.0 Å². The number of fused-ring (bicyclic) bond motifs is 1. The summed E-state index contributed by atoms with van der Waals surface area (Å²) in [5, 5.41) is 0.443.